The lowest BCUT2D eigenvalue weighted by atomic mass is 9.96. The van der Waals surface area contributed by atoms with Crippen LogP contribution in [-0.4, -0.2) is 29.2 Å². The van der Waals surface area contributed by atoms with Gasteiger partial charge in [0.25, 0.3) is 0 Å². The number of aryl methyl sites for hydroxylation is 1. The number of nitrogens with zero attached hydrogens (tertiary/aromatic N) is 2. The van der Waals surface area contributed by atoms with Crippen molar-refractivity contribution >= 4 is 28.1 Å². The first-order chi connectivity index (χ1) is 12.9. The molecule has 0 amide bonds. The number of hydrogen-bond acceptors (Lipinski definition) is 3. The molecule has 7 heteroatoms. The van der Waals surface area contributed by atoms with Crippen LogP contribution >= 0.6 is 0 Å². The van der Waals surface area contributed by atoms with Crippen molar-refractivity contribution in [1.29, 1.82) is 0 Å². The van der Waals surface area contributed by atoms with Crippen LogP contribution in [0.1, 0.15) is 18.4 Å². The molecule has 0 aliphatic carbocycles. The van der Waals surface area contributed by atoms with Gasteiger partial charge in [-0.3, -0.25) is 0 Å². The molecule has 0 saturated carbocycles. The number of H-pyrrole nitrogens is 1. The fourth-order valence-electron chi connectivity index (χ4n) is 3.62. The Hall–Kier alpha value is -2.70. The third kappa shape index (κ3) is 3.72. The van der Waals surface area contributed by atoms with Crippen molar-refractivity contribution in [1.82, 2.24) is 9.97 Å². The Morgan fingerprint density at radius 3 is 2.59 bits per heavy atom. The number of anilines is 3. The number of imidazole rings is 1. The smallest absolute Gasteiger partial charge is 0.371 e. The molecule has 1 fully saturated rings. The summed E-state index contributed by atoms with van der Waals surface area (Å²) in [6.07, 6.45) is -2.10. The molecule has 0 radical (unpaired) electrons. The second-order valence-electron chi connectivity index (χ2n) is 7.06. The van der Waals surface area contributed by atoms with Crippen LogP contribution in [0, 0.1) is 12.8 Å². The molecule has 2 aromatic carbocycles. The zero-order valence-electron chi connectivity index (χ0n) is 15.0. The van der Waals surface area contributed by atoms with Crippen molar-refractivity contribution in [2.45, 2.75) is 25.9 Å². The third-order valence-electron chi connectivity index (χ3n) is 5.23. The van der Waals surface area contributed by atoms with Crippen molar-refractivity contribution in [3.8, 4) is 0 Å². The van der Waals surface area contributed by atoms with Gasteiger partial charge >= 0.3 is 6.18 Å². The molecular weight excluding hydrogens is 353 g/mol. The summed E-state index contributed by atoms with van der Waals surface area (Å²) in [5, 5.41) is 3.40. The average Bonchev–Trinajstić information content (AvgIpc) is 3.10. The molecule has 1 aliphatic rings. The van der Waals surface area contributed by atoms with Gasteiger partial charge in [0.15, 0.2) is 0 Å². The van der Waals surface area contributed by atoms with Crippen molar-refractivity contribution in [2.24, 2.45) is 5.92 Å². The molecule has 1 saturated heterocycles. The molecule has 2 N–H and O–H groups in total. The Kier molecular flexibility index (Phi) is 4.45. The predicted octanol–water partition coefficient (Wildman–Crippen LogP) is 5.39. The molecule has 4 nitrogen and oxygen atoms in total. The van der Waals surface area contributed by atoms with Gasteiger partial charge in [-0.25, -0.2) is 4.98 Å². The SMILES string of the molecule is Cc1cc(N2CCC(C(F)(F)F)CC2)ccc1Nc1ccc2nc[nH]c2c1. The lowest BCUT2D eigenvalue weighted by molar-refractivity contribution is -0.179. The van der Waals surface area contributed by atoms with Crippen LogP contribution in [0.25, 0.3) is 11.0 Å². The molecule has 1 aliphatic heterocycles. The highest BCUT2D eigenvalue weighted by atomic mass is 19.4. The largest absolute Gasteiger partial charge is 0.391 e. The summed E-state index contributed by atoms with van der Waals surface area (Å²) < 4.78 is 38.5. The predicted molar refractivity (Wildman–Crippen MR) is 102 cm³/mol. The molecule has 3 aromatic rings. The van der Waals surface area contributed by atoms with Crippen LogP contribution in [0.2, 0.25) is 0 Å². The highest BCUT2D eigenvalue weighted by Gasteiger charge is 2.41. The minimum Gasteiger partial charge on any atom is -0.371 e. The number of nitrogens with one attached hydrogen (secondary N) is 2. The summed E-state index contributed by atoms with van der Waals surface area (Å²) >= 11 is 0. The first-order valence-electron chi connectivity index (χ1n) is 9.02. The van der Waals surface area contributed by atoms with E-state index in [4.69, 9.17) is 0 Å². The van der Waals surface area contributed by atoms with E-state index in [2.05, 4.69) is 15.3 Å². The Labute approximate surface area is 155 Å². The molecule has 27 heavy (non-hydrogen) atoms. The summed E-state index contributed by atoms with van der Waals surface area (Å²) in [5.74, 6) is -1.17. The molecule has 1 aromatic heterocycles. The Morgan fingerprint density at radius 2 is 1.89 bits per heavy atom. The molecule has 0 bridgehead atoms. The first kappa shape index (κ1) is 17.7. The summed E-state index contributed by atoms with van der Waals surface area (Å²) in [7, 11) is 0. The number of rotatable bonds is 3. The summed E-state index contributed by atoms with van der Waals surface area (Å²) in [6.45, 7) is 2.88. The Bertz CT molecular complexity index is 940. The van der Waals surface area contributed by atoms with Gasteiger partial charge in [0, 0.05) is 30.2 Å². The van der Waals surface area contributed by atoms with Crippen molar-refractivity contribution in [2.75, 3.05) is 23.3 Å². The van der Waals surface area contributed by atoms with Gasteiger partial charge < -0.3 is 15.2 Å². The van der Waals surface area contributed by atoms with Gasteiger partial charge in [-0.15, -0.1) is 0 Å². The number of benzene rings is 2. The number of alkyl halides is 3. The fourth-order valence-corrected chi connectivity index (χ4v) is 3.62. The molecule has 142 valence electrons. The summed E-state index contributed by atoms with van der Waals surface area (Å²) in [4.78, 5) is 9.34. The highest BCUT2D eigenvalue weighted by Crippen LogP contribution is 2.36. The van der Waals surface area contributed by atoms with E-state index in [-0.39, 0.29) is 12.8 Å². The molecule has 2 heterocycles. The second kappa shape index (κ2) is 6.79. The van der Waals surface area contributed by atoms with E-state index in [1.807, 2.05) is 48.2 Å². The van der Waals surface area contributed by atoms with Gasteiger partial charge in [0.1, 0.15) is 0 Å². The van der Waals surface area contributed by atoms with E-state index in [1.165, 1.54) is 0 Å². The maximum absolute atomic E-state index is 12.8. The Balaban J connectivity index is 1.46. The second-order valence-corrected chi connectivity index (χ2v) is 7.06. The van der Waals surface area contributed by atoms with E-state index in [0.29, 0.717) is 13.1 Å². The molecule has 4 rings (SSSR count). The van der Waals surface area contributed by atoms with Gasteiger partial charge in [-0.05, 0) is 61.7 Å². The van der Waals surface area contributed by atoms with Gasteiger partial charge in [-0.1, -0.05) is 0 Å². The van der Waals surface area contributed by atoms with Crippen LogP contribution in [-0.2, 0) is 0 Å². The van der Waals surface area contributed by atoms with E-state index in [0.717, 1.165) is 33.7 Å². The summed E-state index contributed by atoms with van der Waals surface area (Å²) in [6, 6.07) is 11.9. The zero-order chi connectivity index (χ0) is 19.0. The number of fused-ring (bicyclic) bond motifs is 1. The zero-order valence-corrected chi connectivity index (χ0v) is 15.0. The van der Waals surface area contributed by atoms with Gasteiger partial charge in [0.05, 0.1) is 23.3 Å². The van der Waals surface area contributed by atoms with E-state index < -0.39 is 12.1 Å². The molecule has 0 atom stereocenters. The fraction of sp³-hybridized carbons (Fsp3) is 0.350. The highest BCUT2D eigenvalue weighted by molar-refractivity contribution is 5.80. The summed E-state index contributed by atoms with van der Waals surface area (Å²) in [5.41, 5.74) is 5.82. The average molecular weight is 374 g/mol. The Morgan fingerprint density at radius 1 is 1.11 bits per heavy atom. The van der Waals surface area contributed by atoms with E-state index in [9.17, 15) is 13.2 Å². The maximum atomic E-state index is 12.8. The van der Waals surface area contributed by atoms with Gasteiger partial charge in [0.2, 0.25) is 0 Å². The maximum Gasteiger partial charge on any atom is 0.391 e. The topological polar surface area (TPSA) is 44.0 Å². The number of piperidine rings is 1. The third-order valence-corrected chi connectivity index (χ3v) is 5.23. The van der Waals surface area contributed by atoms with Crippen LogP contribution < -0.4 is 10.2 Å². The van der Waals surface area contributed by atoms with Crippen molar-refractivity contribution in [3.05, 3.63) is 48.3 Å². The normalized spacial score (nSPS) is 16.1. The minimum absolute atomic E-state index is 0.159. The number of halogens is 3. The lowest BCUT2D eigenvalue weighted by Gasteiger charge is -2.34. The number of hydrogen-bond donors (Lipinski definition) is 2. The van der Waals surface area contributed by atoms with Crippen LogP contribution in [0.4, 0.5) is 30.2 Å². The lowest BCUT2D eigenvalue weighted by Crippen LogP contribution is -2.39. The van der Waals surface area contributed by atoms with Gasteiger partial charge in [-0.2, -0.15) is 13.2 Å². The molecular formula is C20H21F3N4. The van der Waals surface area contributed by atoms with Crippen molar-refractivity contribution in [3.63, 3.8) is 0 Å². The number of aromatic amines is 1. The van der Waals surface area contributed by atoms with E-state index >= 15 is 0 Å². The minimum atomic E-state index is -4.08. The number of aromatic nitrogens is 2. The molecule has 0 spiro atoms. The van der Waals surface area contributed by atoms with Crippen LogP contribution in [0.5, 0.6) is 0 Å². The quantitative estimate of drug-likeness (QED) is 0.646. The van der Waals surface area contributed by atoms with Crippen LogP contribution in [0.3, 0.4) is 0 Å². The van der Waals surface area contributed by atoms with Crippen LogP contribution in [0.15, 0.2) is 42.7 Å². The van der Waals surface area contributed by atoms with E-state index in [1.54, 1.807) is 6.33 Å². The monoisotopic (exact) mass is 374 g/mol. The standard InChI is InChI=1S/C20H21F3N4/c1-13-10-16(27-8-6-14(7-9-27)20(21,22)23)3-5-17(13)26-15-2-4-18-19(11-15)25-12-24-18/h2-5,10-12,14,26H,6-9H2,1H3,(H,24,25). The first-order valence-corrected chi connectivity index (χ1v) is 9.02. The van der Waals surface area contributed by atoms with Crippen molar-refractivity contribution < 1.29 is 13.2 Å². The molecule has 0 unspecified atom stereocenters.